The average molecular weight is 288 g/mol. The number of amides is 2. The highest BCUT2D eigenvalue weighted by Gasteiger charge is 2.38. The number of piperidine rings is 1. The lowest BCUT2D eigenvalue weighted by molar-refractivity contribution is -0.150. The number of likely N-dealkylation sites (tertiary alicyclic amines) is 1. The van der Waals surface area contributed by atoms with Crippen molar-refractivity contribution in [1.29, 1.82) is 0 Å². The zero-order valence-electron chi connectivity index (χ0n) is 12.2. The van der Waals surface area contributed by atoms with Crippen LogP contribution in [0.5, 0.6) is 0 Å². The fourth-order valence-corrected chi connectivity index (χ4v) is 2.23. The molecule has 1 aliphatic heterocycles. The van der Waals surface area contributed by atoms with Crippen molar-refractivity contribution < 1.29 is 24.5 Å². The Morgan fingerprint density at radius 3 is 2.35 bits per heavy atom. The number of hydrogen-bond acceptors (Lipinski definition) is 4. The van der Waals surface area contributed by atoms with Crippen molar-refractivity contribution in [2.45, 2.75) is 19.8 Å². The molecule has 0 spiro atoms. The second-order valence-corrected chi connectivity index (χ2v) is 5.34. The second-order valence-electron chi connectivity index (χ2n) is 5.34. The lowest BCUT2D eigenvalue weighted by Crippen LogP contribution is -2.51. The van der Waals surface area contributed by atoms with Crippen LogP contribution < -0.4 is 0 Å². The van der Waals surface area contributed by atoms with Gasteiger partial charge in [0.1, 0.15) is 0 Å². The Morgan fingerprint density at radius 2 is 1.90 bits per heavy atom. The van der Waals surface area contributed by atoms with E-state index >= 15 is 0 Å². The number of carbonyl (C=O) groups excluding carboxylic acids is 1. The van der Waals surface area contributed by atoms with Crippen molar-refractivity contribution in [2.75, 3.05) is 46.5 Å². The van der Waals surface area contributed by atoms with E-state index < -0.39 is 11.4 Å². The summed E-state index contributed by atoms with van der Waals surface area (Å²) in [6.07, 6.45) is 0.899. The van der Waals surface area contributed by atoms with Gasteiger partial charge in [0, 0.05) is 33.3 Å². The minimum Gasteiger partial charge on any atom is -0.481 e. The Bertz CT molecular complexity index is 340. The summed E-state index contributed by atoms with van der Waals surface area (Å²) in [5.74, 6) is -0.809. The van der Waals surface area contributed by atoms with Crippen molar-refractivity contribution in [2.24, 2.45) is 5.41 Å². The number of ether oxygens (including phenoxy) is 1. The molecule has 0 aromatic heterocycles. The van der Waals surface area contributed by atoms with E-state index in [2.05, 4.69) is 0 Å². The van der Waals surface area contributed by atoms with Gasteiger partial charge in [0.15, 0.2) is 0 Å². The lowest BCUT2D eigenvalue weighted by Gasteiger charge is -2.38. The smallest absolute Gasteiger partial charge is 0.320 e. The Balaban J connectivity index is 2.57. The molecule has 0 bridgehead atoms. The third-order valence-electron chi connectivity index (χ3n) is 3.86. The SMILES string of the molecule is COCCN(CCO)C(=O)N1CCC(C)(C(=O)O)CC1. The predicted octanol–water partition coefficient (Wildman–Crippen LogP) is 0.234. The molecule has 1 saturated heterocycles. The highest BCUT2D eigenvalue weighted by Crippen LogP contribution is 2.31. The van der Waals surface area contributed by atoms with Crippen LogP contribution in [0.15, 0.2) is 0 Å². The fourth-order valence-electron chi connectivity index (χ4n) is 2.23. The highest BCUT2D eigenvalue weighted by molar-refractivity contribution is 5.77. The first-order valence-electron chi connectivity index (χ1n) is 6.81. The molecule has 0 unspecified atom stereocenters. The summed E-state index contributed by atoms with van der Waals surface area (Å²) in [5, 5.41) is 18.2. The van der Waals surface area contributed by atoms with Crippen molar-refractivity contribution in [3.63, 3.8) is 0 Å². The first kappa shape index (κ1) is 16.7. The molecule has 7 nitrogen and oxygen atoms in total. The Labute approximate surface area is 119 Å². The van der Waals surface area contributed by atoms with Crippen LogP contribution in [0.2, 0.25) is 0 Å². The Hall–Kier alpha value is -1.34. The molecule has 0 aromatic carbocycles. The number of carbonyl (C=O) groups is 2. The number of aliphatic hydroxyl groups excluding tert-OH is 1. The van der Waals surface area contributed by atoms with E-state index in [-0.39, 0.29) is 19.2 Å². The maximum atomic E-state index is 12.3. The van der Waals surface area contributed by atoms with Gasteiger partial charge >= 0.3 is 12.0 Å². The van der Waals surface area contributed by atoms with Gasteiger partial charge in [0.25, 0.3) is 0 Å². The maximum absolute atomic E-state index is 12.3. The van der Waals surface area contributed by atoms with Crippen LogP contribution in [0, 0.1) is 5.41 Å². The van der Waals surface area contributed by atoms with Gasteiger partial charge in [-0.1, -0.05) is 0 Å². The molecule has 0 aromatic rings. The molecule has 20 heavy (non-hydrogen) atoms. The minimum absolute atomic E-state index is 0.101. The second kappa shape index (κ2) is 7.44. The minimum atomic E-state index is -0.809. The molecule has 1 heterocycles. The van der Waals surface area contributed by atoms with Gasteiger partial charge in [-0.15, -0.1) is 0 Å². The number of methoxy groups -OCH3 is 1. The molecule has 2 amide bonds. The summed E-state index contributed by atoms with van der Waals surface area (Å²) >= 11 is 0. The van der Waals surface area contributed by atoms with E-state index in [1.807, 2.05) is 0 Å². The molecule has 1 rings (SSSR count). The number of urea groups is 1. The molecule has 1 fully saturated rings. The third-order valence-corrected chi connectivity index (χ3v) is 3.86. The van der Waals surface area contributed by atoms with E-state index in [9.17, 15) is 9.59 Å². The number of carboxylic acid groups (broad SMARTS) is 1. The quantitative estimate of drug-likeness (QED) is 0.730. The summed E-state index contributed by atoms with van der Waals surface area (Å²) in [6, 6.07) is -0.163. The zero-order chi connectivity index (χ0) is 15.2. The van der Waals surface area contributed by atoms with Gasteiger partial charge < -0.3 is 24.7 Å². The predicted molar refractivity (Wildman–Crippen MR) is 72.5 cm³/mol. The summed E-state index contributed by atoms with van der Waals surface area (Å²) < 4.78 is 4.95. The van der Waals surface area contributed by atoms with Crippen LogP contribution in [0.25, 0.3) is 0 Å². The number of aliphatic carboxylic acids is 1. The Morgan fingerprint density at radius 1 is 1.30 bits per heavy atom. The van der Waals surface area contributed by atoms with Gasteiger partial charge in [-0.25, -0.2) is 4.79 Å². The fraction of sp³-hybridized carbons (Fsp3) is 0.846. The summed E-state index contributed by atoms with van der Waals surface area (Å²) in [6.45, 7) is 3.56. The van der Waals surface area contributed by atoms with E-state index in [1.165, 1.54) is 4.90 Å². The van der Waals surface area contributed by atoms with Crippen LogP contribution >= 0.6 is 0 Å². The first-order valence-corrected chi connectivity index (χ1v) is 6.81. The standard InChI is InChI=1S/C13H24N2O5/c1-13(11(17)18)3-5-14(6-4-13)12(19)15(7-9-16)8-10-20-2/h16H,3-10H2,1-2H3,(H,17,18). The van der Waals surface area contributed by atoms with Gasteiger partial charge in [-0.2, -0.15) is 0 Å². The first-order chi connectivity index (χ1) is 9.44. The molecule has 1 aliphatic rings. The van der Waals surface area contributed by atoms with Crippen molar-refractivity contribution in [3.8, 4) is 0 Å². The monoisotopic (exact) mass is 288 g/mol. The Kier molecular flexibility index (Phi) is 6.22. The maximum Gasteiger partial charge on any atom is 0.320 e. The molecular formula is C13H24N2O5. The normalized spacial score (nSPS) is 17.9. The van der Waals surface area contributed by atoms with Crippen molar-refractivity contribution >= 4 is 12.0 Å². The van der Waals surface area contributed by atoms with Gasteiger partial charge in [0.2, 0.25) is 0 Å². The van der Waals surface area contributed by atoms with Crippen LogP contribution in [-0.2, 0) is 9.53 Å². The van der Waals surface area contributed by atoms with Crippen LogP contribution in [-0.4, -0.2) is 78.5 Å². The summed E-state index contributed by atoms with van der Waals surface area (Å²) in [4.78, 5) is 26.7. The van der Waals surface area contributed by atoms with Crippen LogP contribution in [0.3, 0.4) is 0 Å². The average Bonchev–Trinajstić information content (AvgIpc) is 2.43. The van der Waals surface area contributed by atoms with Gasteiger partial charge in [0.05, 0.1) is 18.6 Å². The number of rotatable bonds is 6. The third kappa shape index (κ3) is 4.08. The van der Waals surface area contributed by atoms with Crippen molar-refractivity contribution in [3.05, 3.63) is 0 Å². The molecule has 2 N–H and O–H groups in total. The number of carboxylic acids is 1. The molecule has 0 saturated carbocycles. The molecule has 116 valence electrons. The molecule has 0 radical (unpaired) electrons. The van der Waals surface area contributed by atoms with Crippen LogP contribution in [0.1, 0.15) is 19.8 Å². The largest absolute Gasteiger partial charge is 0.481 e. The highest BCUT2D eigenvalue weighted by atomic mass is 16.5. The molecule has 0 atom stereocenters. The zero-order valence-corrected chi connectivity index (χ0v) is 12.2. The van der Waals surface area contributed by atoms with E-state index in [4.69, 9.17) is 14.9 Å². The molecular weight excluding hydrogens is 264 g/mol. The lowest BCUT2D eigenvalue weighted by atomic mass is 9.80. The van der Waals surface area contributed by atoms with Gasteiger partial charge in [-0.05, 0) is 19.8 Å². The van der Waals surface area contributed by atoms with E-state index in [0.29, 0.717) is 39.1 Å². The number of nitrogens with zero attached hydrogens (tertiary/aromatic N) is 2. The van der Waals surface area contributed by atoms with E-state index in [0.717, 1.165) is 0 Å². The molecule has 0 aliphatic carbocycles. The summed E-state index contributed by atoms with van der Waals surface area (Å²) in [5.41, 5.74) is -0.745. The van der Waals surface area contributed by atoms with E-state index in [1.54, 1.807) is 18.9 Å². The number of aliphatic hydroxyl groups is 1. The topological polar surface area (TPSA) is 90.3 Å². The number of hydrogen-bond donors (Lipinski definition) is 2. The van der Waals surface area contributed by atoms with Crippen LogP contribution in [0.4, 0.5) is 4.79 Å². The summed E-state index contributed by atoms with van der Waals surface area (Å²) in [7, 11) is 1.56. The van der Waals surface area contributed by atoms with Gasteiger partial charge in [-0.3, -0.25) is 4.79 Å². The van der Waals surface area contributed by atoms with Crippen molar-refractivity contribution in [1.82, 2.24) is 9.80 Å². The molecule has 7 heteroatoms.